The molecule has 4 nitrogen and oxygen atoms in total. The minimum atomic E-state index is -0.122. The van der Waals surface area contributed by atoms with Crippen molar-refractivity contribution in [3.05, 3.63) is 36.5 Å². The predicted octanol–water partition coefficient (Wildman–Crippen LogP) is 3.52. The Labute approximate surface area is 129 Å². The van der Waals surface area contributed by atoms with Crippen molar-refractivity contribution in [1.29, 1.82) is 0 Å². The second-order valence-corrected chi connectivity index (χ2v) is 5.67. The molecule has 5 heteroatoms. The van der Waals surface area contributed by atoms with Gasteiger partial charge in [-0.25, -0.2) is 4.98 Å². The number of imidazole rings is 1. The van der Waals surface area contributed by atoms with Crippen LogP contribution in [0.25, 0.3) is 11.3 Å². The maximum atomic E-state index is 11.3. The summed E-state index contributed by atoms with van der Waals surface area (Å²) in [4.78, 5) is 15.7. The molecule has 112 valence electrons. The Balaban J connectivity index is 1.88. The molecule has 0 spiro atoms. The fourth-order valence-electron chi connectivity index (χ4n) is 2.02. The predicted molar refractivity (Wildman–Crippen MR) is 85.2 cm³/mol. The van der Waals surface area contributed by atoms with Gasteiger partial charge < -0.3 is 9.30 Å². The van der Waals surface area contributed by atoms with Gasteiger partial charge in [0.1, 0.15) is 0 Å². The highest BCUT2D eigenvalue weighted by atomic mass is 32.2. The minimum absolute atomic E-state index is 0.122. The highest BCUT2D eigenvalue weighted by molar-refractivity contribution is 7.99. The highest BCUT2D eigenvalue weighted by Gasteiger charge is 2.09. The lowest BCUT2D eigenvalue weighted by Gasteiger charge is -2.06. The molecule has 0 amide bonds. The van der Waals surface area contributed by atoms with Crippen LogP contribution in [-0.4, -0.2) is 27.9 Å². The maximum Gasteiger partial charge on any atom is 0.305 e. The summed E-state index contributed by atoms with van der Waals surface area (Å²) >= 11 is 1.67. The van der Waals surface area contributed by atoms with Crippen molar-refractivity contribution in [2.75, 3.05) is 12.4 Å². The van der Waals surface area contributed by atoms with E-state index in [-0.39, 0.29) is 5.97 Å². The number of nitrogens with zero attached hydrogens (tertiary/aromatic N) is 2. The monoisotopic (exact) mass is 304 g/mol. The third-order valence-electron chi connectivity index (χ3n) is 3.08. The molecule has 0 aliphatic carbocycles. The van der Waals surface area contributed by atoms with Crippen LogP contribution >= 0.6 is 11.8 Å². The van der Waals surface area contributed by atoms with E-state index >= 15 is 0 Å². The fraction of sp³-hybridized carbons (Fsp3) is 0.375. The quantitative estimate of drug-likeness (QED) is 0.446. The summed E-state index contributed by atoms with van der Waals surface area (Å²) in [5.74, 6) is 0.737. The number of esters is 1. The van der Waals surface area contributed by atoms with Crippen molar-refractivity contribution in [2.24, 2.45) is 7.05 Å². The van der Waals surface area contributed by atoms with Crippen molar-refractivity contribution in [2.45, 2.75) is 24.9 Å². The van der Waals surface area contributed by atoms with Gasteiger partial charge in [0.05, 0.1) is 18.5 Å². The highest BCUT2D eigenvalue weighted by Crippen LogP contribution is 2.25. The molecular formula is C16H20N2O2S. The molecule has 2 rings (SSSR count). The number of carbonyl (C=O) groups excluding carboxylic acids is 1. The summed E-state index contributed by atoms with van der Waals surface area (Å²) in [5.41, 5.74) is 2.26. The van der Waals surface area contributed by atoms with Crippen molar-refractivity contribution < 1.29 is 9.53 Å². The van der Waals surface area contributed by atoms with Crippen LogP contribution in [-0.2, 0) is 16.6 Å². The molecule has 21 heavy (non-hydrogen) atoms. The van der Waals surface area contributed by atoms with Gasteiger partial charge in [-0.3, -0.25) is 4.79 Å². The average molecular weight is 304 g/mol. The van der Waals surface area contributed by atoms with Crippen LogP contribution in [0.2, 0.25) is 0 Å². The van der Waals surface area contributed by atoms with Crippen LogP contribution in [0.4, 0.5) is 0 Å². The Morgan fingerprint density at radius 3 is 2.81 bits per heavy atom. The molecule has 2 aromatic rings. The number of ether oxygens (including phenoxy) is 1. The summed E-state index contributed by atoms with van der Waals surface area (Å²) in [6.45, 7) is 2.28. The first-order valence-electron chi connectivity index (χ1n) is 7.08. The van der Waals surface area contributed by atoms with Crippen molar-refractivity contribution in [3.63, 3.8) is 0 Å². The standard InChI is InChI=1S/C16H20N2O2S/c1-3-20-15(19)10-7-11-21-16-17-12-14(18(16)2)13-8-5-4-6-9-13/h4-6,8-9,12H,3,7,10-11H2,1-2H3. The van der Waals surface area contributed by atoms with Gasteiger partial charge in [0.2, 0.25) is 0 Å². The van der Waals surface area contributed by atoms with Crippen molar-refractivity contribution in [3.8, 4) is 11.3 Å². The molecule has 0 bridgehead atoms. The van der Waals surface area contributed by atoms with Crippen LogP contribution in [0, 0.1) is 0 Å². The molecule has 0 saturated heterocycles. The van der Waals surface area contributed by atoms with Gasteiger partial charge in [0.15, 0.2) is 5.16 Å². The van der Waals surface area contributed by atoms with Crippen molar-refractivity contribution in [1.82, 2.24) is 9.55 Å². The summed E-state index contributed by atoms with van der Waals surface area (Å²) < 4.78 is 7.00. The van der Waals surface area contributed by atoms with E-state index in [4.69, 9.17) is 4.74 Å². The molecule has 0 fully saturated rings. The Morgan fingerprint density at radius 1 is 1.33 bits per heavy atom. The Morgan fingerprint density at radius 2 is 2.10 bits per heavy atom. The zero-order valence-corrected chi connectivity index (χ0v) is 13.2. The van der Waals surface area contributed by atoms with Gasteiger partial charge in [-0.05, 0) is 18.9 Å². The van der Waals surface area contributed by atoms with E-state index in [1.165, 1.54) is 0 Å². The van der Waals surface area contributed by atoms with E-state index in [1.54, 1.807) is 11.8 Å². The summed E-state index contributed by atoms with van der Waals surface area (Å²) in [5, 5.41) is 0.970. The van der Waals surface area contributed by atoms with Gasteiger partial charge in [-0.2, -0.15) is 0 Å². The second kappa shape index (κ2) is 7.88. The van der Waals surface area contributed by atoms with E-state index in [9.17, 15) is 4.79 Å². The normalized spacial score (nSPS) is 10.6. The molecule has 0 N–H and O–H groups in total. The number of carbonyl (C=O) groups is 1. The molecule has 1 aromatic heterocycles. The topological polar surface area (TPSA) is 44.1 Å². The lowest BCUT2D eigenvalue weighted by Crippen LogP contribution is -2.04. The van der Waals surface area contributed by atoms with E-state index in [1.807, 2.05) is 38.4 Å². The van der Waals surface area contributed by atoms with E-state index in [2.05, 4.69) is 21.7 Å². The molecule has 0 atom stereocenters. The van der Waals surface area contributed by atoms with Gasteiger partial charge in [-0.1, -0.05) is 42.1 Å². The van der Waals surface area contributed by atoms with Gasteiger partial charge in [0, 0.05) is 19.2 Å². The van der Waals surface area contributed by atoms with E-state index in [0.717, 1.165) is 28.6 Å². The zero-order valence-electron chi connectivity index (χ0n) is 12.4. The second-order valence-electron chi connectivity index (χ2n) is 4.61. The molecule has 0 unspecified atom stereocenters. The molecule has 0 aliphatic heterocycles. The van der Waals surface area contributed by atoms with Gasteiger partial charge in [-0.15, -0.1) is 0 Å². The van der Waals surface area contributed by atoms with E-state index in [0.29, 0.717) is 13.0 Å². The summed E-state index contributed by atoms with van der Waals surface area (Å²) in [6, 6.07) is 10.2. The average Bonchev–Trinajstić information content (AvgIpc) is 2.86. The third kappa shape index (κ3) is 4.36. The number of rotatable bonds is 7. The zero-order chi connectivity index (χ0) is 15.1. The Hall–Kier alpha value is -1.75. The fourth-order valence-corrected chi connectivity index (χ4v) is 2.91. The molecule has 0 saturated carbocycles. The van der Waals surface area contributed by atoms with Gasteiger partial charge >= 0.3 is 5.97 Å². The summed E-state index contributed by atoms with van der Waals surface area (Å²) in [7, 11) is 2.02. The minimum Gasteiger partial charge on any atom is -0.466 e. The Bertz CT molecular complexity index is 581. The molecule has 1 heterocycles. The van der Waals surface area contributed by atoms with E-state index < -0.39 is 0 Å². The summed E-state index contributed by atoms with van der Waals surface area (Å²) in [6.07, 6.45) is 3.16. The lowest BCUT2D eigenvalue weighted by molar-refractivity contribution is -0.143. The molecule has 0 aliphatic rings. The lowest BCUT2D eigenvalue weighted by atomic mass is 10.2. The third-order valence-corrected chi connectivity index (χ3v) is 4.21. The van der Waals surface area contributed by atoms with Crippen molar-refractivity contribution >= 4 is 17.7 Å². The number of benzene rings is 1. The molecule has 1 aromatic carbocycles. The first-order chi connectivity index (χ1) is 10.2. The number of aromatic nitrogens is 2. The van der Waals surface area contributed by atoms with Crippen LogP contribution < -0.4 is 0 Å². The number of hydrogen-bond acceptors (Lipinski definition) is 4. The molecular weight excluding hydrogens is 284 g/mol. The van der Waals surface area contributed by atoms with Gasteiger partial charge in [0.25, 0.3) is 0 Å². The first kappa shape index (κ1) is 15.6. The number of thioether (sulfide) groups is 1. The largest absolute Gasteiger partial charge is 0.466 e. The van der Waals surface area contributed by atoms with Crippen LogP contribution in [0.1, 0.15) is 19.8 Å². The van der Waals surface area contributed by atoms with Crippen LogP contribution in [0.5, 0.6) is 0 Å². The van der Waals surface area contributed by atoms with Crippen LogP contribution in [0.15, 0.2) is 41.7 Å². The Kier molecular flexibility index (Phi) is 5.87. The molecule has 0 radical (unpaired) electrons. The first-order valence-corrected chi connectivity index (χ1v) is 8.06. The SMILES string of the molecule is CCOC(=O)CCCSc1ncc(-c2ccccc2)n1C. The smallest absolute Gasteiger partial charge is 0.305 e. The number of hydrogen-bond donors (Lipinski definition) is 0. The van der Waals surface area contributed by atoms with Crippen LogP contribution in [0.3, 0.4) is 0 Å². The maximum absolute atomic E-state index is 11.3.